The number of hydrogen-bond donors (Lipinski definition) is 1. The first-order valence-electron chi connectivity index (χ1n) is 6.71. The Morgan fingerprint density at radius 2 is 2.24 bits per heavy atom. The molecule has 1 aliphatic heterocycles. The summed E-state index contributed by atoms with van der Waals surface area (Å²) in [6.07, 6.45) is 6.95. The van der Waals surface area contributed by atoms with Crippen molar-refractivity contribution in [3.63, 3.8) is 0 Å². The molecule has 1 spiro atoms. The zero-order chi connectivity index (χ0) is 11.6. The van der Waals surface area contributed by atoms with Gasteiger partial charge in [0.15, 0.2) is 0 Å². The van der Waals surface area contributed by atoms with Crippen molar-refractivity contribution in [2.75, 3.05) is 19.6 Å². The predicted octanol–water partition coefficient (Wildman–Crippen LogP) is 2.25. The van der Waals surface area contributed by atoms with Gasteiger partial charge in [-0.15, -0.1) is 11.3 Å². The van der Waals surface area contributed by atoms with Crippen LogP contribution in [0.25, 0.3) is 0 Å². The third-order valence-electron chi connectivity index (χ3n) is 4.13. The Balaban J connectivity index is 1.62. The normalized spacial score (nSPS) is 25.2. The lowest BCUT2D eigenvalue weighted by Gasteiger charge is -2.46. The van der Waals surface area contributed by atoms with Crippen LogP contribution in [0.2, 0.25) is 0 Å². The summed E-state index contributed by atoms with van der Waals surface area (Å²) in [6.45, 7) is 4.56. The first kappa shape index (κ1) is 11.6. The second kappa shape index (κ2) is 5.04. The van der Waals surface area contributed by atoms with Gasteiger partial charge in [-0.25, -0.2) is 4.98 Å². The minimum atomic E-state index is 0.423. The minimum Gasteiger partial charge on any atom is -0.309 e. The second-order valence-electron chi connectivity index (χ2n) is 5.46. The van der Waals surface area contributed by atoms with Crippen LogP contribution in [0, 0.1) is 0 Å². The zero-order valence-electron chi connectivity index (χ0n) is 10.3. The average molecular weight is 251 g/mol. The highest BCUT2D eigenvalue weighted by molar-refractivity contribution is 7.07. The molecule has 1 aromatic rings. The van der Waals surface area contributed by atoms with Crippen LogP contribution in [0.15, 0.2) is 10.9 Å². The van der Waals surface area contributed by atoms with E-state index in [4.69, 9.17) is 0 Å². The van der Waals surface area contributed by atoms with Crippen molar-refractivity contribution in [3.05, 3.63) is 16.6 Å². The summed E-state index contributed by atoms with van der Waals surface area (Å²) < 4.78 is 0. The van der Waals surface area contributed by atoms with Gasteiger partial charge in [-0.05, 0) is 12.8 Å². The highest BCUT2D eigenvalue weighted by Crippen LogP contribution is 2.30. The molecule has 1 saturated carbocycles. The van der Waals surface area contributed by atoms with Crippen LogP contribution < -0.4 is 5.32 Å². The number of thiazole rings is 1. The largest absolute Gasteiger partial charge is 0.309 e. The molecular formula is C13H21N3S. The number of rotatable bonds is 2. The van der Waals surface area contributed by atoms with E-state index >= 15 is 0 Å². The molecular weight excluding hydrogens is 230 g/mol. The molecule has 1 aromatic heterocycles. The fourth-order valence-corrected chi connectivity index (χ4v) is 3.83. The van der Waals surface area contributed by atoms with Gasteiger partial charge in [-0.3, -0.25) is 4.90 Å². The van der Waals surface area contributed by atoms with E-state index in [0.29, 0.717) is 5.54 Å². The number of aromatic nitrogens is 1. The van der Waals surface area contributed by atoms with Crippen LogP contribution in [0.5, 0.6) is 0 Å². The van der Waals surface area contributed by atoms with Gasteiger partial charge >= 0.3 is 0 Å². The standard InChI is InChI=1S/C13H21N3S/c1-2-4-13(5-3-1)10-16(7-6-15-13)8-12-9-17-11-14-12/h9,11,15H,1-8,10H2. The number of piperazine rings is 1. The van der Waals surface area contributed by atoms with Crippen molar-refractivity contribution >= 4 is 11.3 Å². The molecule has 1 saturated heterocycles. The van der Waals surface area contributed by atoms with Gasteiger partial charge in [-0.1, -0.05) is 19.3 Å². The molecule has 17 heavy (non-hydrogen) atoms. The molecule has 0 atom stereocenters. The van der Waals surface area contributed by atoms with Crippen molar-refractivity contribution in [3.8, 4) is 0 Å². The maximum absolute atomic E-state index is 4.40. The summed E-state index contributed by atoms with van der Waals surface area (Å²) in [7, 11) is 0. The van der Waals surface area contributed by atoms with Gasteiger partial charge in [-0.2, -0.15) is 0 Å². The van der Waals surface area contributed by atoms with Crippen molar-refractivity contribution < 1.29 is 0 Å². The Kier molecular flexibility index (Phi) is 3.45. The van der Waals surface area contributed by atoms with Gasteiger partial charge in [0, 0.05) is 37.1 Å². The molecule has 2 fully saturated rings. The molecule has 3 rings (SSSR count). The van der Waals surface area contributed by atoms with E-state index in [9.17, 15) is 0 Å². The summed E-state index contributed by atoms with van der Waals surface area (Å²) in [4.78, 5) is 6.98. The molecule has 0 amide bonds. The summed E-state index contributed by atoms with van der Waals surface area (Å²) in [6, 6.07) is 0. The molecule has 1 aliphatic carbocycles. The summed E-state index contributed by atoms with van der Waals surface area (Å²) in [5.41, 5.74) is 3.60. The molecule has 2 aliphatic rings. The zero-order valence-corrected chi connectivity index (χ0v) is 11.1. The lowest BCUT2D eigenvalue weighted by molar-refractivity contribution is 0.0938. The van der Waals surface area contributed by atoms with E-state index in [1.165, 1.54) is 50.9 Å². The molecule has 4 heteroatoms. The average Bonchev–Trinajstić information content (AvgIpc) is 2.83. The summed E-state index contributed by atoms with van der Waals surface area (Å²) >= 11 is 1.70. The third kappa shape index (κ3) is 2.69. The fourth-order valence-electron chi connectivity index (χ4n) is 3.29. The predicted molar refractivity (Wildman–Crippen MR) is 71.2 cm³/mol. The van der Waals surface area contributed by atoms with Crippen molar-refractivity contribution in [2.24, 2.45) is 0 Å². The lowest BCUT2D eigenvalue weighted by Crippen LogP contribution is -2.60. The van der Waals surface area contributed by atoms with E-state index in [1.54, 1.807) is 11.3 Å². The smallest absolute Gasteiger partial charge is 0.0795 e. The second-order valence-corrected chi connectivity index (χ2v) is 6.18. The highest BCUT2D eigenvalue weighted by atomic mass is 32.1. The molecule has 3 nitrogen and oxygen atoms in total. The van der Waals surface area contributed by atoms with Crippen molar-refractivity contribution in [1.82, 2.24) is 15.2 Å². The van der Waals surface area contributed by atoms with Crippen LogP contribution >= 0.6 is 11.3 Å². The van der Waals surface area contributed by atoms with Gasteiger partial charge < -0.3 is 5.32 Å². The molecule has 0 aromatic carbocycles. The Hall–Kier alpha value is -0.450. The lowest BCUT2D eigenvalue weighted by atomic mass is 9.80. The highest BCUT2D eigenvalue weighted by Gasteiger charge is 2.35. The molecule has 94 valence electrons. The van der Waals surface area contributed by atoms with Crippen LogP contribution in [0.3, 0.4) is 0 Å². The number of nitrogens with zero attached hydrogens (tertiary/aromatic N) is 2. The summed E-state index contributed by atoms with van der Waals surface area (Å²) in [5.74, 6) is 0. The Morgan fingerprint density at radius 1 is 1.35 bits per heavy atom. The maximum Gasteiger partial charge on any atom is 0.0795 e. The molecule has 1 N–H and O–H groups in total. The first-order valence-corrected chi connectivity index (χ1v) is 7.65. The topological polar surface area (TPSA) is 28.2 Å². The number of hydrogen-bond acceptors (Lipinski definition) is 4. The maximum atomic E-state index is 4.40. The minimum absolute atomic E-state index is 0.423. The number of nitrogens with one attached hydrogen (secondary N) is 1. The van der Waals surface area contributed by atoms with E-state index in [-0.39, 0.29) is 0 Å². The van der Waals surface area contributed by atoms with Crippen molar-refractivity contribution in [1.29, 1.82) is 0 Å². The Morgan fingerprint density at radius 3 is 3.00 bits per heavy atom. The Labute approximate surface area is 107 Å². The van der Waals surface area contributed by atoms with E-state index in [2.05, 4.69) is 20.6 Å². The van der Waals surface area contributed by atoms with Crippen LogP contribution in [-0.2, 0) is 6.54 Å². The van der Waals surface area contributed by atoms with Gasteiger partial charge in [0.2, 0.25) is 0 Å². The molecule has 0 radical (unpaired) electrons. The quantitative estimate of drug-likeness (QED) is 0.874. The van der Waals surface area contributed by atoms with Gasteiger partial charge in [0.25, 0.3) is 0 Å². The molecule has 2 heterocycles. The van der Waals surface area contributed by atoms with Crippen LogP contribution in [0.4, 0.5) is 0 Å². The van der Waals surface area contributed by atoms with E-state index < -0.39 is 0 Å². The van der Waals surface area contributed by atoms with Gasteiger partial charge in [0.05, 0.1) is 11.2 Å². The monoisotopic (exact) mass is 251 g/mol. The van der Waals surface area contributed by atoms with E-state index in [0.717, 1.165) is 13.1 Å². The van der Waals surface area contributed by atoms with Crippen LogP contribution in [-0.4, -0.2) is 35.1 Å². The van der Waals surface area contributed by atoms with E-state index in [1.807, 2.05) is 5.51 Å². The van der Waals surface area contributed by atoms with Crippen LogP contribution in [0.1, 0.15) is 37.8 Å². The molecule has 0 unspecified atom stereocenters. The summed E-state index contributed by atoms with van der Waals surface area (Å²) in [5, 5.41) is 5.96. The van der Waals surface area contributed by atoms with Gasteiger partial charge in [0.1, 0.15) is 0 Å². The fraction of sp³-hybridized carbons (Fsp3) is 0.769. The molecule has 0 bridgehead atoms. The SMILES string of the molecule is c1nc(CN2CCNC3(CCCCC3)C2)cs1. The Bertz CT molecular complexity index is 338. The first-order chi connectivity index (χ1) is 8.36. The van der Waals surface area contributed by atoms with Crippen molar-refractivity contribution in [2.45, 2.75) is 44.2 Å². The third-order valence-corrected chi connectivity index (χ3v) is 4.77.